The van der Waals surface area contributed by atoms with E-state index >= 15 is 0 Å². The fourth-order valence-corrected chi connectivity index (χ4v) is 1.99. The second-order valence-electron chi connectivity index (χ2n) is 4.78. The number of benzene rings is 1. The van der Waals surface area contributed by atoms with Crippen LogP contribution in [0.15, 0.2) is 59.5 Å². The highest BCUT2D eigenvalue weighted by Crippen LogP contribution is 2.18. The maximum atomic E-state index is 12.9. The summed E-state index contributed by atoms with van der Waals surface area (Å²) in [5.74, 6) is -0.413. The molecule has 2 heterocycles. The molecule has 0 aliphatic heterocycles. The van der Waals surface area contributed by atoms with Gasteiger partial charge in [0.15, 0.2) is 11.5 Å². The van der Waals surface area contributed by atoms with Gasteiger partial charge in [-0.15, -0.1) is 0 Å². The molecule has 3 aromatic rings. The van der Waals surface area contributed by atoms with Crippen molar-refractivity contribution >= 4 is 11.7 Å². The third kappa shape index (κ3) is 3.52. The molecule has 3 rings (SSSR count). The average molecular weight is 313 g/mol. The number of carbonyl (C=O) groups is 1. The van der Waals surface area contributed by atoms with E-state index in [1.54, 1.807) is 24.3 Å². The fourth-order valence-electron chi connectivity index (χ4n) is 1.99. The molecule has 0 radical (unpaired) electrons. The third-order valence-corrected chi connectivity index (χ3v) is 3.11. The van der Waals surface area contributed by atoms with Gasteiger partial charge in [-0.25, -0.2) is 9.37 Å². The van der Waals surface area contributed by atoms with Gasteiger partial charge in [-0.05, 0) is 29.8 Å². The van der Waals surface area contributed by atoms with Crippen molar-refractivity contribution < 1.29 is 18.7 Å². The van der Waals surface area contributed by atoms with Crippen molar-refractivity contribution in [1.82, 2.24) is 14.8 Å². The van der Waals surface area contributed by atoms with Crippen molar-refractivity contribution in [2.24, 2.45) is 0 Å². The molecule has 2 aromatic heterocycles. The highest BCUT2D eigenvalue weighted by Gasteiger charge is 2.10. The van der Waals surface area contributed by atoms with E-state index in [1.165, 1.54) is 24.8 Å². The van der Waals surface area contributed by atoms with Gasteiger partial charge in [0.1, 0.15) is 24.2 Å². The minimum Gasteiger partial charge on any atom is -0.504 e. The lowest BCUT2D eigenvalue weighted by Gasteiger charge is -1.99. The zero-order valence-electron chi connectivity index (χ0n) is 11.9. The van der Waals surface area contributed by atoms with Gasteiger partial charge in [0.05, 0.1) is 6.08 Å². The highest BCUT2D eigenvalue weighted by atomic mass is 19.1. The smallest absolute Gasteiger partial charge is 0.276 e. The zero-order chi connectivity index (χ0) is 16.2. The number of allylic oxidation sites excluding steroid dienone is 1. The summed E-state index contributed by atoms with van der Waals surface area (Å²) in [5.41, 5.74) is 0.870. The Labute approximate surface area is 130 Å². The number of aliphatic hydroxyl groups excluding tert-OH is 1. The first-order valence-corrected chi connectivity index (χ1v) is 6.75. The molecule has 0 spiro atoms. The number of hydrogen-bond donors (Lipinski definition) is 1. The number of carbonyl (C=O) groups excluding carboxylic acids is 1. The van der Waals surface area contributed by atoms with E-state index in [2.05, 4.69) is 10.1 Å². The molecule has 1 N–H and O–H groups in total. The molecule has 23 heavy (non-hydrogen) atoms. The van der Waals surface area contributed by atoms with Crippen LogP contribution in [0, 0.1) is 5.82 Å². The van der Waals surface area contributed by atoms with E-state index < -0.39 is 5.91 Å². The molecule has 0 aliphatic rings. The molecule has 0 atom stereocenters. The van der Waals surface area contributed by atoms with E-state index in [0.717, 1.165) is 16.3 Å². The van der Waals surface area contributed by atoms with Gasteiger partial charge in [-0.3, -0.25) is 4.79 Å². The Morgan fingerprint density at radius 2 is 2.04 bits per heavy atom. The summed E-state index contributed by atoms with van der Waals surface area (Å²) in [5, 5.41) is 13.6. The first kappa shape index (κ1) is 14.7. The van der Waals surface area contributed by atoms with Crippen LogP contribution < -0.4 is 0 Å². The number of hydrogen-bond acceptors (Lipinski definition) is 5. The molecular formula is C16H12FN3O3. The lowest BCUT2D eigenvalue weighted by molar-refractivity contribution is 0.0952. The number of halogens is 1. The fraction of sp³-hybridized carbons (Fsp3) is 0.0625. The Kier molecular flexibility index (Phi) is 4.01. The summed E-state index contributed by atoms with van der Waals surface area (Å²) < 4.78 is 19.3. The van der Waals surface area contributed by atoms with Crippen molar-refractivity contribution in [2.75, 3.05) is 0 Å². The zero-order valence-corrected chi connectivity index (χ0v) is 11.9. The van der Waals surface area contributed by atoms with Crippen LogP contribution in [0.3, 0.4) is 0 Å². The Morgan fingerprint density at radius 3 is 2.74 bits per heavy atom. The molecule has 0 saturated heterocycles. The van der Waals surface area contributed by atoms with Crippen molar-refractivity contribution in [3.63, 3.8) is 0 Å². The lowest BCUT2D eigenvalue weighted by atomic mass is 10.1. The van der Waals surface area contributed by atoms with E-state index in [9.17, 15) is 14.3 Å². The molecule has 0 aliphatic carbocycles. The normalized spacial score (nSPS) is 11.6. The van der Waals surface area contributed by atoms with E-state index in [4.69, 9.17) is 4.42 Å². The van der Waals surface area contributed by atoms with Crippen molar-refractivity contribution in [1.29, 1.82) is 0 Å². The molecule has 0 fully saturated rings. The standard InChI is InChI=1S/C16H12FN3O3/c17-12-3-1-11(2-4-12)7-13-5-6-15(23-13)14(21)8-16(22)20-10-18-9-19-20/h1-6,8-10,21H,7H2/b14-8-. The van der Waals surface area contributed by atoms with Crippen LogP contribution in [0.25, 0.3) is 5.76 Å². The first-order chi connectivity index (χ1) is 11.1. The Hall–Kier alpha value is -3.22. The summed E-state index contributed by atoms with van der Waals surface area (Å²) in [7, 11) is 0. The first-order valence-electron chi connectivity index (χ1n) is 6.75. The summed E-state index contributed by atoms with van der Waals surface area (Å²) in [4.78, 5) is 15.4. The van der Waals surface area contributed by atoms with Crippen molar-refractivity contribution in [3.05, 3.63) is 78.0 Å². The second kappa shape index (κ2) is 6.27. The van der Waals surface area contributed by atoms with Gasteiger partial charge in [-0.1, -0.05) is 12.1 Å². The average Bonchev–Trinajstić information content (AvgIpc) is 3.21. The summed E-state index contributed by atoms with van der Waals surface area (Å²) >= 11 is 0. The van der Waals surface area contributed by atoms with Crippen LogP contribution >= 0.6 is 0 Å². The second-order valence-corrected chi connectivity index (χ2v) is 4.78. The van der Waals surface area contributed by atoms with Gasteiger partial charge in [0.25, 0.3) is 5.91 Å². The number of aliphatic hydroxyl groups is 1. The van der Waals surface area contributed by atoms with Crippen LogP contribution in [0.5, 0.6) is 0 Å². The summed E-state index contributed by atoms with van der Waals surface area (Å²) in [6, 6.07) is 9.28. The lowest BCUT2D eigenvalue weighted by Crippen LogP contribution is -2.08. The molecular weight excluding hydrogens is 301 g/mol. The van der Waals surface area contributed by atoms with Crippen LogP contribution in [0.1, 0.15) is 21.9 Å². The molecule has 0 saturated carbocycles. The molecule has 116 valence electrons. The van der Waals surface area contributed by atoms with E-state index in [-0.39, 0.29) is 17.3 Å². The van der Waals surface area contributed by atoms with E-state index in [1.807, 2.05) is 0 Å². The van der Waals surface area contributed by atoms with Crippen LogP contribution in [0.4, 0.5) is 4.39 Å². The van der Waals surface area contributed by atoms with Gasteiger partial charge >= 0.3 is 0 Å². The Bertz CT molecular complexity index is 836. The molecule has 0 amide bonds. The largest absolute Gasteiger partial charge is 0.504 e. The maximum Gasteiger partial charge on any atom is 0.276 e. The number of furan rings is 1. The van der Waals surface area contributed by atoms with Gasteiger partial charge in [0, 0.05) is 6.42 Å². The summed E-state index contributed by atoms with van der Waals surface area (Å²) in [6.07, 6.45) is 3.89. The van der Waals surface area contributed by atoms with Gasteiger partial charge in [0.2, 0.25) is 0 Å². The Morgan fingerprint density at radius 1 is 1.26 bits per heavy atom. The van der Waals surface area contributed by atoms with Gasteiger partial charge < -0.3 is 9.52 Å². The molecule has 1 aromatic carbocycles. The Balaban J connectivity index is 1.73. The quantitative estimate of drug-likeness (QED) is 0.591. The van der Waals surface area contributed by atoms with Gasteiger partial charge in [-0.2, -0.15) is 9.78 Å². The van der Waals surface area contributed by atoms with E-state index in [0.29, 0.717) is 12.2 Å². The maximum absolute atomic E-state index is 12.9. The van der Waals surface area contributed by atoms with Crippen LogP contribution in [-0.2, 0) is 6.42 Å². The number of aromatic nitrogens is 3. The molecule has 7 heteroatoms. The third-order valence-electron chi connectivity index (χ3n) is 3.11. The minimum atomic E-state index is -0.545. The molecule has 6 nitrogen and oxygen atoms in total. The highest BCUT2D eigenvalue weighted by molar-refractivity contribution is 5.94. The minimum absolute atomic E-state index is 0.163. The number of rotatable bonds is 4. The predicted molar refractivity (Wildman–Crippen MR) is 79.2 cm³/mol. The van der Waals surface area contributed by atoms with Crippen molar-refractivity contribution in [2.45, 2.75) is 6.42 Å². The van der Waals surface area contributed by atoms with Crippen LogP contribution in [-0.4, -0.2) is 25.8 Å². The van der Waals surface area contributed by atoms with Crippen molar-refractivity contribution in [3.8, 4) is 0 Å². The molecule has 0 bridgehead atoms. The predicted octanol–water partition coefficient (Wildman–Crippen LogP) is 2.84. The SMILES string of the molecule is O=C(/C=C(\O)c1ccc(Cc2ccc(F)cc2)o1)n1cncn1. The van der Waals surface area contributed by atoms with Crippen LogP contribution in [0.2, 0.25) is 0 Å². The monoisotopic (exact) mass is 313 g/mol. The summed E-state index contributed by atoms with van der Waals surface area (Å²) in [6.45, 7) is 0. The number of nitrogens with zero attached hydrogens (tertiary/aromatic N) is 3. The topological polar surface area (TPSA) is 81.1 Å². The molecule has 0 unspecified atom stereocenters.